The second-order valence-electron chi connectivity index (χ2n) is 8.44. The number of thiophene rings is 1. The van der Waals surface area contributed by atoms with Crippen LogP contribution in [-0.4, -0.2) is 45.8 Å². The van der Waals surface area contributed by atoms with Crippen molar-refractivity contribution in [2.75, 3.05) is 29.6 Å². The molecule has 0 amide bonds. The molecule has 0 aliphatic carbocycles. The van der Waals surface area contributed by atoms with Crippen molar-refractivity contribution in [2.24, 2.45) is 0 Å². The van der Waals surface area contributed by atoms with E-state index in [-0.39, 0.29) is 11.7 Å². The molecule has 0 saturated heterocycles. The maximum atomic E-state index is 12.7. The van der Waals surface area contributed by atoms with Crippen molar-refractivity contribution >= 4 is 52.6 Å². The highest BCUT2D eigenvalue weighted by atomic mass is 32.2. The monoisotopic (exact) mass is 570 g/mol. The molecule has 0 radical (unpaired) electrons. The molecule has 37 heavy (non-hydrogen) atoms. The van der Waals surface area contributed by atoms with E-state index in [1.54, 1.807) is 11.3 Å². The summed E-state index contributed by atoms with van der Waals surface area (Å²) in [6.07, 6.45) is 4.77. The minimum Gasteiger partial charge on any atom is -0.464 e. The molecule has 1 atom stereocenters. The van der Waals surface area contributed by atoms with E-state index in [1.165, 1.54) is 37.4 Å². The number of aromatic nitrogens is 1. The number of nitrogens with zero attached hydrogens (tertiary/aromatic N) is 2. The van der Waals surface area contributed by atoms with Crippen molar-refractivity contribution in [3.05, 3.63) is 59.5 Å². The van der Waals surface area contributed by atoms with Crippen LogP contribution in [0.3, 0.4) is 0 Å². The molecule has 0 fully saturated rings. The van der Waals surface area contributed by atoms with Gasteiger partial charge >= 0.3 is 5.97 Å². The van der Waals surface area contributed by atoms with E-state index < -0.39 is 0 Å². The molecular formula is C29H34N2O2S4. The molecule has 0 saturated carbocycles. The predicted octanol–water partition coefficient (Wildman–Crippen LogP) is 8.42. The fraction of sp³-hybridized carbons (Fsp3) is 0.414. The molecule has 0 N–H and O–H groups in total. The van der Waals surface area contributed by atoms with Gasteiger partial charge in [-0.25, -0.2) is 4.98 Å². The van der Waals surface area contributed by atoms with E-state index in [9.17, 15) is 10.1 Å². The van der Waals surface area contributed by atoms with E-state index in [2.05, 4.69) is 19.9 Å². The van der Waals surface area contributed by atoms with Gasteiger partial charge in [0.2, 0.25) is 0 Å². The first kappa shape index (κ1) is 29.6. The molecule has 8 heteroatoms. The Morgan fingerprint density at radius 2 is 1.89 bits per heavy atom. The Morgan fingerprint density at radius 3 is 2.59 bits per heavy atom. The largest absolute Gasteiger partial charge is 0.464 e. The number of hydrogen-bond donors (Lipinski definition) is 0. The van der Waals surface area contributed by atoms with Crippen molar-refractivity contribution in [1.82, 2.24) is 4.98 Å². The van der Waals surface area contributed by atoms with E-state index in [1.807, 2.05) is 77.4 Å². The molecule has 3 aromatic rings. The van der Waals surface area contributed by atoms with Gasteiger partial charge in [0.05, 0.1) is 21.9 Å². The van der Waals surface area contributed by atoms with Gasteiger partial charge in [-0.1, -0.05) is 74.8 Å². The summed E-state index contributed by atoms with van der Waals surface area (Å²) in [6, 6.07) is 18.2. The Balaban J connectivity index is 1.69. The number of rotatable bonds is 16. The van der Waals surface area contributed by atoms with Crippen LogP contribution in [0, 0.1) is 11.3 Å². The van der Waals surface area contributed by atoms with Gasteiger partial charge in [-0.15, -0.1) is 11.3 Å². The number of thioether (sulfide) groups is 3. The first-order valence-electron chi connectivity index (χ1n) is 12.7. The Bertz CT molecular complexity index is 1130. The number of unbranched alkanes of at least 4 members (excludes halogenated alkanes) is 2. The molecule has 2 aromatic heterocycles. The highest BCUT2D eigenvalue weighted by Gasteiger charge is 2.19. The summed E-state index contributed by atoms with van der Waals surface area (Å²) < 4.78 is 5.70. The van der Waals surface area contributed by atoms with Crippen LogP contribution in [0.2, 0.25) is 0 Å². The first-order valence-corrected chi connectivity index (χ1v) is 16.7. The van der Waals surface area contributed by atoms with Crippen molar-refractivity contribution in [3.63, 3.8) is 0 Å². The average molecular weight is 571 g/mol. The number of nitriles is 1. The zero-order valence-electron chi connectivity index (χ0n) is 21.5. The summed E-state index contributed by atoms with van der Waals surface area (Å²) in [4.78, 5) is 18.5. The third kappa shape index (κ3) is 9.72. The zero-order valence-corrected chi connectivity index (χ0v) is 24.7. The molecule has 0 bridgehead atoms. The van der Waals surface area contributed by atoms with Crippen LogP contribution in [0.4, 0.5) is 0 Å². The molecule has 1 aromatic carbocycles. The summed E-state index contributed by atoms with van der Waals surface area (Å²) in [5.41, 5.74) is 3.08. The topological polar surface area (TPSA) is 63.0 Å². The van der Waals surface area contributed by atoms with E-state index >= 15 is 0 Å². The number of esters is 1. The summed E-state index contributed by atoms with van der Waals surface area (Å²) >= 11 is 6.74. The van der Waals surface area contributed by atoms with Crippen LogP contribution >= 0.6 is 46.6 Å². The summed E-state index contributed by atoms with van der Waals surface area (Å²) in [7, 11) is 0. The van der Waals surface area contributed by atoms with E-state index in [4.69, 9.17) is 9.72 Å². The van der Waals surface area contributed by atoms with E-state index in [0.29, 0.717) is 22.4 Å². The molecule has 1 unspecified atom stereocenters. The molecule has 3 rings (SSSR count). The fourth-order valence-electron chi connectivity index (χ4n) is 3.48. The van der Waals surface area contributed by atoms with Crippen LogP contribution in [0.25, 0.3) is 21.7 Å². The maximum Gasteiger partial charge on any atom is 0.316 e. The lowest BCUT2D eigenvalue weighted by Gasteiger charge is -2.16. The number of hydrogen-bond acceptors (Lipinski definition) is 8. The number of benzene rings is 1. The number of carbonyl (C=O) groups excluding carboxylic acids is 1. The zero-order chi connectivity index (χ0) is 26.3. The van der Waals surface area contributed by atoms with E-state index in [0.717, 1.165) is 39.0 Å². The predicted molar refractivity (Wildman–Crippen MR) is 163 cm³/mol. The van der Waals surface area contributed by atoms with Gasteiger partial charge in [0.25, 0.3) is 0 Å². The van der Waals surface area contributed by atoms with Crippen LogP contribution in [0.5, 0.6) is 0 Å². The maximum absolute atomic E-state index is 12.7. The Labute approximate surface area is 238 Å². The lowest BCUT2D eigenvalue weighted by Crippen LogP contribution is -2.20. The molecular weight excluding hydrogens is 537 g/mol. The second kappa shape index (κ2) is 16.8. The van der Waals surface area contributed by atoms with Crippen LogP contribution in [-0.2, 0) is 9.53 Å². The van der Waals surface area contributed by atoms with Crippen LogP contribution in [0.1, 0.15) is 45.1 Å². The molecule has 196 valence electrons. The van der Waals surface area contributed by atoms with Crippen molar-refractivity contribution < 1.29 is 9.53 Å². The van der Waals surface area contributed by atoms with Gasteiger partial charge in [0.15, 0.2) is 0 Å². The molecule has 0 spiro atoms. The molecule has 4 nitrogen and oxygen atoms in total. The summed E-state index contributed by atoms with van der Waals surface area (Å²) in [5, 5.41) is 12.9. The third-order valence-electron chi connectivity index (χ3n) is 5.51. The minimum atomic E-state index is -0.266. The number of carbonyl (C=O) groups is 1. The number of pyridine rings is 1. The van der Waals surface area contributed by atoms with Gasteiger partial charge in [-0.3, -0.25) is 4.79 Å². The minimum absolute atomic E-state index is 0.124. The average Bonchev–Trinajstić information content (AvgIpc) is 3.47. The summed E-state index contributed by atoms with van der Waals surface area (Å²) in [5.74, 6) is 3.10. The van der Waals surface area contributed by atoms with Crippen LogP contribution in [0.15, 0.2) is 58.9 Å². The van der Waals surface area contributed by atoms with Crippen molar-refractivity contribution in [1.29, 1.82) is 5.26 Å². The quantitative estimate of drug-likeness (QED) is 0.0973. The highest BCUT2D eigenvalue weighted by molar-refractivity contribution is 8.03. The van der Waals surface area contributed by atoms with Gasteiger partial charge in [-0.05, 0) is 47.4 Å². The van der Waals surface area contributed by atoms with Gasteiger partial charge in [0.1, 0.15) is 17.7 Å². The SMILES string of the molecule is CCCCSCC(COC(=O)CSc1nc(-c2cccs2)cc(-c2ccccc2)c1C#N)SCCCC. The van der Waals surface area contributed by atoms with Crippen molar-refractivity contribution in [3.8, 4) is 27.8 Å². The van der Waals surface area contributed by atoms with Gasteiger partial charge in [-0.2, -0.15) is 28.8 Å². The normalized spacial score (nSPS) is 11.7. The Kier molecular flexibility index (Phi) is 13.5. The molecule has 0 aliphatic rings. The summed E-state index contributed by atoms with van der Waals surface area (Å²) in [6.45, 7) is 4.83. The highest BCUT2D eigenvalue weighted by Crippen LogP contribution is 2.35. The van der Waals surface area contributed by atoms with Crippen molar-refractivity contribution in [2.45, 2.75) is 49.8 Å². The fourth-order valence-corrected chi connectivity index (χ4v) is 7.62. The molecule has 0 aliphatic heterocycles. The second-order valence-corrected chi connectivity index (χ2v) is 12.9. The first-order chi connectivity index (χ1) is 18.2. The lowest BCUT2D eigenvalue weighted by atomic mass is 10.0. The van der Waals surface area contributed by atoms with Gasteiger partial charge < -0.3 is 4.74 Å². The lowest BCUT2D eigenvalue weighted by molar-refractivity contribution is -0.140. The smallest absolute Gasteiger partial charge is 0.316 e. The Hall–Kier alpha value is -1.92. The van der Waals surface area contributed by atoms with Crippen LogP contribution < -0.4 is 0 Å². The van der Waals surface area contributed by atoms with Gasteiger partial charge in [0, 0.05) is 16.6 Å². The third-order valence-corrected chi connectivity index (χ3v) is 10.1. The number of ether oxygens (including phenoxy) is 1. The Morgan fingerprint density at radius 1 is 1.11 bits per heavy atom. The standard InChI is InChI=1S/C29H34N2O2S4/c1-3-5-14-34-20-23(35-15-6-4-2)19-33-28(32)21-37-29-25(18-30)24(22-11-8-7-9-12-22)17-26(31-29)27-13-10-16-36-27/h7-13,16-17,23H,3-6,14-15,19-21H2,1-2H3. The molecule has 2 heterocycles.